The molecule has 10 heteroatoms. The zero-order chi connectivity index (χ0) is 26.3. The van der Waals surface area contributed by atoms with E-state index in [-0.39, 0.29) is 16.4 Å². The van der Waals surface area contributed by atoms with Crippen molar-refractivity contribution in [2.75, 3.05) is 5.32 Å². The van der Waals surface area contributed by atoms with Gasteiger partial charge in [-0.05, 0) is 76.1 Å². The number of aryl methyl sites for hydroxylation is 3. The second-order valence-electron chi connectivity index (χ2n) is 9.43. The molecular formula is C26H30N4O5S. The first kappa shape index (κ1) is 25.7. The molecule has 0 saturated heterocycles. The first-order chi connectivity index (χ1) is 16.9. The van der Waals surface area contributed by atoms with Gasteiger partial charge in [-0.25, -0.2) is 23.1 Å². The van der Waals surface area contributed by atoms with E-state index in [1.54, 1.807) is 58.0 Å². The van der Waals surface area contributed by atoms with Crippen LogP contribution in [0, 0.1) is 13.8 Å². The lowest BCUT2D eigenvalue weighted by atomic mass is 9.86. The van der Waals surface area contributed by atoms with E-state index in [1.165, 1.54) is 18.2 Å². The summed E-state index contributed by atoms with van der Waals surface area (Å²) in [6, 6.07) is 12.0. The van der Waals surface area contributed by atoms with Crippen LogP contribution in [0.5, 0.6) is 5.75 Å². The molecule has 0 spiro atoms. The first-order valence-corrected chi connectivity index (χ1v) is 13.1. The number of aliphatic hydroxyl groups is 1. The number of nitrogens with zero attached hydrogens (tertiary/aromatic N) is 2. The van der Waals surface area contributed by atoms with Crippen LogP contribution < -0.4 is 14.8 Å². The first-order valence-electron chi connectivity index (χ1n) is 11.7. The molecule has 0 unspecified atom stereocenters. The lowest BCUT2D eigenvalue weighted by Gasteiger charge is -2.42. The summed E-state index contributed by atoms with van der Waals surface area (Å²) in [7, 11) is -3.99. The molecule has 1 aliphatic rings. The monoisotopic (exact) mass is 510 g/mol. The molecule has 1 aromatic heterocycles. The van der Waals surface area contributed by atoms with E-state index in [1.807, 2.05) is 6.92 Å². The Kier molecular flexibility index (Phi) is 6.87. The van der Waals surface area contributed by atoms with Crippen LogP contribution in [0.3, 0.4) is 0 Å². The van der Waals surface area contributed by atoms with Crippen LogP contribution in [-0.2, 0) is 16.4 Å². The number of rotatable bonds is 6. The molecule has 2 atom stereocenters. The summed E-state index contributed by atoms with van der Waals surface area (Å²) in [4.78, 5) is 21.5. The van der Waals surface area contributed by atoms with E-state index in [0.29, 0.717) is 22.7 Å². The summed E-state index contributed by atoms with van der Waals surface area (Å²) in [5.74, 6) is 0.0674. The average molecular weight is 511 g/mol. The molecule has 0 radical (unpaired) electrons. The summed E-state index contributed by atoms with van der Waals surface area (Å²) >= 11 is 0. The molecule has 9 nitrogen and oxygen atoms in total. The van der Waals surface area contributed by atoms with Crippen LogP contribution in [0.15, 0.2) is 53.4 Å². The molecule has 36 heavy (non-hydrogen) atoms. The molecule has 3 aromatic rings. The number of nitrogens with one attached hydrogen (secondary N) is 2. The molecule has 1 aliphatic heterocycles. The van der Waals surface area contributed by atoms with Gasteiger partial charge in [-0.2, -0.15) is 0 Å². The van der Waals surface area contributed by atoms with Crippen molar-refractivity contribution in [1.82, 2.24) is 14.7 Å². The molecule has 3 N–H and O–H groups in total. The second kappa shape index (κ2) is 9.61. The van der Waals surface area contributed by atoms with Gasteiger partial charge in [0.1, 0.15) is 17.5 Å². The third-order valence-corrected chi connectivity index (χ3v) is 7.60. The second-order valence-corrected chi connectivity index (χ2v) is 11.1. The number of aliphatic hydroxyl groups excluding tert-OH is 1. The SMILES string of the molecule is CCc1ccc(S(=O)(=O)N[C@@H]2c3cc(C(=O)Nc4nc(C)cc(C)n4)ccc3OC(C)(C)[C@H]2O)cc1. The Morgan fingerprint density at radius 3 is 2.31 bits per heavy atom. The number of fused-ring (bicyclic) bond motifs is 1. The molecular weight excluding hydrogens is 480 g/mol. The number of ether oxygens (including phenoxy) is 1. The molecule has 0 bridgehead atoms. The van der Waals surface area contributed by atoms with Crippen molar-refractivity contribution in [1.29, 1.82) is 0 Å². The van der Waals surface area contributed by atoms with Gasteiger partial charge < -0.3 is 9.84 Å². The lowest BCUT2D eigenvalue weighted by molar-refractivity contribution is -0.0603. The molecule has 2 heterocycles. The normalized spacial score (nSPS) is 18.7. The van der Waals surface area contributed by atoms with Gasteiger partial charge in [0.15, 0.2) is 0 Å². The zero-order valence-electron chi connectivity index (χ0n) is 20.9. The molecule has 1 amide bonds. The van der Waals surface area contributed by atoms with Crippen molar-refractivity contribution in [3.05, 3.63) is 76.6 Å². The summed E-state index contributed by atoms with van der Waals surface area (Å²) in [6.07, 6.45) is -0.442. The third-order valence-electron chi connectivity index (χ3n) is 6.14. The predicted octanol–water partition coefficient (Wildman–Crippen LogP) is 3.46. The highest BCUT2D eigenvalue weighted by molar-refractivity contribution is 7.89. The Labute approximate surface area is 211 Å². The van der Waals surface area contributed by atoms with Crippen molar-refractivity contribution in [2.24, 2.45) is 0 Å². The molecule has 0 fully saturated rings. The van der Waals surface area contributed by atoms with E-state index >= 15 is 0 Å². The van der Waals surface area contributed by atoms with Gasteiger partial charge in [-0.15, -0.1) is 0 Å². The van der Waals surface area contributed by atoms with Crippen LogP contribution in [-0.4, -0.2) is 41.1 Å². The Balaban J connectivity index is 1.68. The number of hydrogen-bond donors (Lipinski definition) is 3. The van der Waals surface area contributed by atoms with Gasteiger partial charge in [0.2, 0.25) is 16.0 Å². The summed E-state index contributed by atoms with van der Waals surface area (Å²) < 4.78 is 35.0. The van der Waals surface area contributed by atoms with Crippen LogP contribution >= 0.6 is 0 Å². The van der Waals surface area contributed by atoms with E-state index < -0.39 is 33.7 Å². The molecule has 0 saturated carbocycles. The Bertz CT molecular complexity index is 1380. The van der Waals surface area contributed by atoms with Crippen LogP contribution in [0.2, 0.25) is 0 Å². The molecule has 4 rings (SSSR count). The fourth-order valence-electron chi connectivity index (χ4n) is 4.16. The van der Waals surface area contributed by atoms with Crippen molar-refractivity contribution < 1.29 is 23.1 Å². The summed E-state index contributed by atoms with van der Waals surface area (Å²) in [5, 5.41) is 13.8. The smallest absolute Gasteiger partial charge is 0.258 e. The maximum Gasteiger partial charge on any atom is 0.258 e. The van der Waals surface area contributed by atoms with E-state index in [2.05, 4.69) is 20.0 Å². The number of aromatic nitrogens is 2. The average Bonchev–Trinajstić information content (AvgIpc) is 2.81. The summed E-state index contributed by atoms with van der Waals surface area (Å²) in [5.41, 5.74) is 1.94. The van der Waals surface area contributed by atoms with Gasteiger partial charge in [0.25, 0.3) is 5.91 Å². The quantitative estimate of drug-likeness (QED) is 0.463. The number of benzene rings is 2. The van der Waals surface area contributed by atoms with Gasteiger partial charge in [-0.3, -0.25) is 10.1 Å². The maximum atomic E-state index is 13.2. The molecule has 0 aliphatic carbocycles. The van der Waals surface area contributed by atoms with Gasteiger partial charge in [0, 0.05) is 22.5 Å². The largest absolute Gasteiger partial charge is 0.485 e. The predicted molar refractivity (Wildman–Crippen MR) is 135 cm³/mol. The minimum atomic E-state index is -3.99. The van der Waals surface area contributed by atoms with Crippen LogP contribution in [0.1, 0.15) is 59.7 Å². The van der Waals surface area contributed by atoms with Gasteiger partial charge in [-0.1, -0.05) is 19.1 Å². The van der Waals surface area contributed by atoms with Crippen molar-refractivity contribution in [3.63, 3.8) is 0 Å². The summed E-state index contributed by atoms with van der Waals surface area (Å²) in [6.45, 7) is 8.94. The van der Waals surface area contributed by atoms with Crippen molar-refractivity contribution >= 4 is 21.9 Å². The zero-order valence-corrected chi connectivity index (χ0v) is 21.7. The fourth-order valence-corrected chi connectivity index (χ4v) is 5.38. The van der Waals surface area contributed by atoms with Gasteiger partial charge >= 0.3 is 0 Å². The highest BCUT2D eigenvalue weighted by atomic mass is 32.2. The van der Waals surface area contributed by atoms with Gasteiger partial charge in [0.05, 0.1) is 10.9 Å². The van der Waals surface area contributed by atoms with E-state index in [0.717, 1.165) is 12.0 Å². The number of carbonyl (C=O) groups excluding carboxylic acids is 1. The van der Waals surface area contributed by atoms with Crippen LogP contribution in [0.25, 0.3) is 0 Å². The number of anilines is 1. The van der Waals surface area contributed by atoms with Crippen molar-refractivity contribution in [3.8, 4) is 5.75 Å². The van der Waals surface area contributed by atoms with Crippen LogP contribution in [0.4, 0.5) is 5.95 Å². The number of hydrogen-bond acceptors (Lipinski definition) is 7. The third kappa shape index (κ3) is 5.25. The minimum Gasteiger partial charge on any atom is -0.485 e. The number of sulfonamides is 1. The Morgan fingerprint density at radius 1 is 1.06 bits per heavy atom. The topological polar surface area (TPSA) is 131 Å². The van der Waals surface area contributed by atoms with E-state index in [9.17, 15) is 18.3 Å². The Hall–Kier alpha value is -3.34. The van der Waals surface area contributed by atoms with Crippen molar-refractivity contribution in [2.45, 2.75) is 63.7 Å². The minimum absolute atomic E-state index is 0.0820. The maximum absolute atomic E-state index is 13.2. The lowest BCUT2D eigenvalue weighted by Crippen LogP contribution is -2.53. The number of amides is 1. The fraction of sp³-hybridized carbons (Fsp3) is 0.346. The standard InChI is InChI=1S/C26H30N4O5S/c1-6-17-7-10-19(11-8-17)36(33,34)30-22-20-14-18(9-12-21(20)35-26(4,5)23(22)31)24(32)29-25-27-15(2)13-16(3)28-25/h7-14,22-23,30-31H,6H2,1-5H3,(H,27,28,29,32)/t22-,23+/m1/s1. The van der Waals surface area contributed by atoms with E-state index in [4.69, 9.17) is 4.74 Å². The Morgan fingerprint density at radius 2 is 1.69 bits per heavy atom. The highest BCUT2D eigenvalue weighted by Crippen LogP contribution is 2.41. The molecule has 190 valence electrons. The number of carbonyl (C=O) groups is 1. The highest BCUT2D eigenvalue weighted by Gasteiger charge is 2.44. The molecule has 2 aromatic carbocycles.